The zero-order valence-corrected chi connectivity index (χ0v) is 13.7. The summed E-state index contributed by atoms with van der Waals surface area (Å²) in [5.74, 6) is 1.77. The van der Waals surface area contributed by atoms with Crippen molar-refractivity contribution in [1.82, 2.24) is 0 Å². The van der Waals surface area contributed by atoms with Crippen molar-refractivity contribution in [2.24, 2.45) is 23.2 Å². The van der Waals surface area contributed by atoms with E-state index in [2.05, 4.69) is 13.8 Å². The maximum Gasteiger partial charge on any atom is 0.144 e. The van der Waals surface area contributed by atoms with Crippen molar-refractivity contribution in [3.8, 4) is 6.07 Å². The molecule has 0 heterocycles. The van der Waals surface area contributed by atoms with Crippen LogP contribution in [0.4, 0.5) is 4.39 Å². The van der Waals surface area contributed by atoms with Gasteiger partial charge in [-0.2, -0.15) is 5.26 Å². The van der Waals surface area contributed by atoms with Gasteiger partial charge in [-0.25, -0.2) is 4.39 Å². The fraction of sp³-hybridized carbons (Fsp3) is 0.600. The number of Topliss-reactive ketones (excluding diaryl/α,β-unsaturated/α-hetero) is 1. The van der Waals surface area contributed by atoms with Crippen LogP contribution < -0.4 is 0 Å². The molecular formula is C20H22FNO. The second kappa shape index (κ2) is 4.90. The maximum absolute atomic E-state index is 14.6. The van der Waals surface area contributed by atoms with Crippen molar-refractivity contribution in [2.45, 2.75) is 51.9 Å². The Morgan fingerprint density at radius 3 is 2.83 bits per heavy atom. The fourth-order valence-electron chi connectivity index (χ4n) is 6.04. The Kier molecular flexibility index (Phi) is 3.17. The van der Waals surface area contributed by atoms with Crippen LogP contribution in [0.2, 0.25) is 0 Å². The van der Waals surface area contributed by atoms with E-state index < -0.39 is 0 Å². The first-order valence-electron chi connectivity index (χ1n) is 8.72. The molecule has 23 heavy (non-hydrogen) atoms. The SMILES string of the molecule is C[C@H]1C[C@]2(C)C(=O)CCC2C2CCc3c(ccc(C#N)c3F)C21. The molecule has 3 unspecified atom stereocenters. The first kappa shape index (κ1) is 14.9. The monoisotopic (exact) mass is 311 g/mol. The molecule has 4 rings (SSSR count). The van der Waals surface area contributed by atoms with Crippen LogP contribution in [0.3, 0.4) is 0 Å². The number of rotatable bonds is 0. The Balaban J connectivity index is 1.80. The highest BCUT2D eigenvalue weighted by atomic mass is 19.1. The van der Waals surface area contributed by atoms with Crippen molar-refractivity contribution < 1.29 is 9.18 Å². The number of hydrogen-bond acceptors (Lipinski definition) is 2. The standard InChI is InChI=1S/C20H22FNO/c1-11-9-20(2)16(7-8-17(20)23)15-6-5-14-13(18(11)15)4-3-12(10-22)19(14)21/h3-4,11,15-16,18H,5-9H2,1-2H3/t11-,15?,16?,18?,20-/m0/s1. The van der Waals surface area contributed by atoms with E-state index in [1.54, 1.807) is 6.07 Å². The van der Waals surface area contributed by atoms with Crippen LogP contribution >= 0.6 is 0 Å². The summed E-state index contributed by atoms with van der Waals surface area (Å²) in [5, 5.41) is 9.06. The summed E-state index contributed by atoms with van der Waals surface area (Å²) in [7, 11) is 0. The van der Waals surface area contributed by atoms with Crippen LogP contribution in [-0.2, 0) is 11.2 Å². The van der Waals surface area contributed by atoms with Gasteiger partial charge in [-0.1, -0.05) is 19.9 Å². The molecule has 5 atom stereocenters. The molecule has 2 nitrogen and oxygen atoms in total. The Morgan fingerprint density at radius 1 is 1.30 bits per heavy atom. The van der Waals surface area contributed by atoms with E-state index in [0.717, 1.165) is 30.4 Å². The molecule has 2 saturated carbocycles. The summed E-state index contributed by atoms with van der Waals surface area (Å²) in [6, 6.07) is 5.57. The first-order chi connectivity index (χ1) is 11.0. The van der Waals surface area contributed by atoms with Gasteiger partial charge in [0.2, 0.25) is 0 Å². The number of ketones is 1. The van der Waals surface area contributed by atoms with E-state index >= 15 is 0 Å². The number of nitrogens with zero attached hydrogens (tertiary/aromatic N) is 1. The third kappa shape index (κ3) is 1.87. The lowest BCUT2D eigenvalue weighted by molar-refractivity contribution is -0.130. The van der Waals surface area contributed by atoms with Crippen molar-refractivity contribution in [2.75, 3.05) is 0 Å². The lowest BCUT2D eigenvalue weighted by atomic mass is 9.52. The lowest BCUT2D eigenvalue weighted by Crippen LogP contribution is -2.46. The van der Waals surface area contributed by atoms with Crippen LogP contribution in [0, 0.1) is 40.3 Å². The van der Waals surface area contributed by atoms with Gasteiger partial charge in [-0.05, 0) is 66.5 Å². The van der Waals surface area contributed by atoms with Crippen LogP contribution in [0.15, 0.2) is 12.1 Å². The highest BCUT2D eigenvalue weighted by Gasteiger charge is 2.56. The topological polar surface area (TPSA) is 40.9 Å². The van der Waals surface area contributed by atoms with Crippen molar-refractivity contribution >= 4 is 5.78 Å². The van der Waals surface area contributed by atoms with Crippen LogP contribution in [-0.4, -0.2) is 5.78 Å². The fourth-order valence-corrected chi connectivity index (χ4v) is 6.04. The molecule has 0 aromatic heterocycles. The molecule has 2 fully saturated rings. The van der Waals surface area contributed by atoms with Gasteiger partial charge in [-0.3, -0.25) is 4.79 Å². The normalized spacial score (nSPS) is 38.4. The van der Waals surface area contributed by atoms with E-state index in [0.29, 0.717) is 42.3 Å². The van der Waals surface area contributed by atoms with Crippen molar-refractivity contribution in [3.05, 3.63) is 34.6 Å². The molecule has 1 aromatic rings. The number of fused-ring (bicyclic) bond motifs is 5. The zero-order valence-electron chi connectivity index (χ0n) is 13.7. The summed E-state index contributed by atoms with van der Waals surface area (Å²) in [6.07, 6.45) is 4.27. The Bertz CT molecular complexity index is 734. The molecule has 0 spiro atoms. The smallest absolute Gasteiger partial charge is 0.144 e. The van der Waals surface area contributed by atoms with Gasteiger partial charge in [-0.15, -0.1) is 0 Å². The molecule has 3 heteroatoms. The highest BCUT2D eigenvalue weighted by Crippen LogP contribution is 2.61. The minimum Gasteiger partial charge on any atom is -0.299 e. The number of carbonyl (C=O) groups is 1. The average molecular weight is 311 g/mol. The summed E-state index contributed by atoms with van der Waals surface area (Å²) in [6.45, 7) is 4.38. The Labute approximate surface area is 136 Å². The van der Waals surface area contributed by atoms with Gasteiger partial charge in [0, 0.05) is 11.8 Å². The largest absolute Gasteiger partial charge is 0.299 e. The Morgan fingerprint density at radius 2 is 2.09 bits per heavy atom. The molecule has 3 aliphatic carbocycles. The van der Waals surface area contributed by atoms with Gasteiger partial charge in [0.05, 0.1) is 5.56 Å². The van der Waals surface area contributed by atoms with Gasteiger partial charge in [0.15, 0.2) is 0 Å². The van der Waals surface area contributed by atoms with Gasteiger partial charge in [0.1, 0.15) is 17.7 Å². The minimum atomic E-state index is -0.313. The van der Waals surface area contributed by atoms with Crippen LogP contribution in [0.1, 0.15) is 62.1 Å². The molecular weight excluding hydrogens is 289 g/mol. The van der Waals surface area contributed by atoms with E-state index in [1.807, 2.05) is 12.1 Å². The molecule has 120 valence electrons. The zero-order chi connectivity index (χ0) is 16.4. The predicted molar refractivity (Wildman–Crippen MR) is 85.3 cm³/mol. The second-order valence-corrected chi connectivity index (χ2v) is 8.00. The molecule has 0 saturated heterocycles. The van der Waals surface area contributed by atoms with E-state index in [4.69, 9.17) is 5.26 Å². The lowest BCUT2D eigenvalue weighted by Gasteiger charge is -2.51. The first-order valence-corrected chi connectivity index (χ1v) is 8.72. The van der Waals surface area contributed by atoms with Crippen molar-refractivity contribution in [1.29, 1.82) is 5.26 Å². The third-order valence-corrected chi connectivity index (χ3v) is 6.96. The summed E-state index contributed by atoms with van der Waals surface area (Å²) in [4.78, 5) is 12.4. The van der Waals surface area contributed by atoms with Crippen LogP contribution in [0.25, 0.3) is 0 Å². The number of halogens is 1. The average Bonchev–Trinajstić information content (AvgIpc) is 2.82. The molecule has 1 aromatic carbocycles. The third-order valence-electron chi connectivity index (χ3n) is 6.96. The predicted octanol–water partition coefficient (Wildman–Crippen LogP) is 4.37. The highest BCUT2D eigenvalue weighted by molar-refractivity contribution is 5.87. The number of carbonyl (C=O) groups excluding carboxylic acids is 1. The quantitative estimate of drug-likeness (QED) is 0.714. The minimum absolute atomic E-state index is 0.159. The molecule has 0 radical (unpaired) electrons. The van der Waals surface area contributed by atoms with Crippen LogP contribution in [0.5, 0.6) is 0 Å². The van der Waals surface area contributed by atoms with Gasteiger partial charge < -0.3 is 0 Å². The van der Waals surface area contributed by atoms with E-state index in [1.165, 1.54) is 0 Å². The van der Waals surface area contributed by atoms with Gasteiger partial charge in [0.25, 0.3) is 0 Å². The number of hydrogen-bond donors (Lipinski definition) is 0. The number of nitriles is 1. The maximum atomic E-state index is 14.6. The second-order valence-electron chi connectivity index (χ2n) is 8.00. The summed E-state index contributed by atoms with van der Waals surface area (Å²) < 4.78 is 14.6. The number of benzene rings is 1. The molecule has 0 N–H and O–H groups in total. The Hall–Kier alpha value is -1.69. The molecule has 0 bridgehead atoms. The van der Waals surface area contributed by atoms with Gasteiger partial charge >= 0.3 is 0 Å². The van der Waals surface area contributed by atoms with Crippen molar-refractivity contribution in [3.63, 3.8) is 0 Å². The van der Waals surface area contributed by atoms with E-state index in [-0.39, 0.29) is 16.8 Å². The summed E-state index contributed by atoms with van der Waals surface area (Å²) >= 11 is 0. The summed E-state index contributed by atoms with van der Waals surface area (Å²) in [5.41, 5.74) is 1.85. The molecule has 0 amide bonds. The molecule has 0 aliphatic heterocycles. The van der Waals surface area contributed by atoms with E-state index in [9.17, 15) is 9.18 Å². The molecule has 3 aliphatic rings.